The first-order chi connectivity index (χ1) is 8.48. The normalized spacial score (nSPS) is 30.4. The standard InChI is InChI=1S/C11H17F3N2O2/c12-11(13,14)10(17)16-8-3-6-18-9(8)7-1-4-15-5-2-7/h7-9,15H,1-6H2,(H,16,17)/t8-,9-/m0/s1. The van der Waals surface area contributed by atoms with E-state index in [4.69, 9.17) is 4.74 Å². The second-order valence-corrected chi connectivity index (χ2v) is 4.79. The van der Waals surface area contributed by atoms with E-state index in [0.717, 1.165) is 25.9 Å². The average Bonchev–Trinajstić information content (AvgIpc) is 2.77. The molecule has 0 unspecified atom stereocenters. The molecule has 2 rings (SSSR count). The van der Waals surface area contributed by atoms with Crippen molar-refractivity contribution in [1.82, 2.24) is 10.6 Å². The molecule has 2 saturated heterocycles. The van der Waals surface area contributed by atoms with E-state index in [9.17, 15) is 18.0 Å². The van der Waals surface area contributed by atoms with Crippen LogP contribution in [0.3, 0.4) is 0 Å². The molecule has 2 heterocycles. The maximum atomic E-state index is 12.2. The van der Waals surface area contributed by atoms with E-state index in [0.29, 0.717) is 13.0 Å². The zero-order valence-electron chi connectivity index (χ0n) is 9.93. The Hall–Kier alpha value is -0.820. The molecule has 1 amide bonds. The van der Waals surface area contributed by atoms with Gasteiger partial charge >= 0.3 is 12.1 Å². The third kappa shape index (κ3) is 3.14. The van der Waals surface area contributed by atoms with Crippen molar-refractivity contribution in [2.45, 2.75) is 37.6 Å². The van der Waals surface area contributed by atoms with Crippen molar-refractivity contribution in [1.29, 1.82) is 0 Å². The number of nitrogens with one attached hydrogen (secondary N) is 2. The molecule has 4 nitrogen and oxygen atoms in total. The van der Waals surface area contributed by atoms with Gasteiger partial charge in [0.15, 0.2) is 0 Å². The second-order valence-electron chi connectivity index (χ2n) is 4.79. The highest BCUT2D eigenvalue weighted by atomic mass is 19.4. The van der Waals surface area contributed by atoms with Gasteiger partial charge in [0.25, 0.3) is 0 Å². The van der Waals surface area contributed by atoms with Gasteiger partial charge in [-0.05, 0) is 38.3 Å². The van der Waals surface area contributed by atoms with Crippen LogP contribution in [0.2, 0.25) is 0 Å². The van der Waals surface area contributed by atoms with Crippen molar-refractivity contribution in [3.63, 3.8) is 0 Å². The van der Waals surface area contributed by atoms with E-state index in [2.05, 4.69) is 10.6 Å². The van der Waals surface area contributed by atoms with Crippen LogP contribution in [0.15, 0.2) is 0 Å². The van der Waals surface area contributed by atoms with Gasteiger partial charge in [-0.25, -0.2) is 0 Å². The number of halogens is 3. The minimum absolute atomic E-state index is 0.229. The zero-order valence-corrected chi connectivity index (χ0v) is 9.93. The summed E-state index contributed by atoms with van der Waals surface area (Å²) in [7, 11) is 0. The van der Waals surface area contributed by atoms with Crippen LogP contribution in [0.25, 0.3) is 0 Å². The van der Waals surface area contributed by atoms with E-state index in [1.807, 2.05) is 0 Å². The van der Waals surface area contributed by atoms with Crippen molar-refractivity contribution >= 4 is 5.91 Å². The molecule has 7 heteroatoms. The number of carbonyl (C=O) groups excluding carboxylic acids is 1. The summed E-state index contributed by atoms with van der Waals surface area (Å²) < 4.78 is 42.1. The molecule has 2 N–H and O–H groups in total. The largest absolute Gasteiger partial charge is 0.471 e. The highest BCUT2D eigenvalue weighted by Gasteiger charge is 2.43. The fourth-order valence-corrected chi connectivity index (χ4v) is 2.65. The van der Waals surface area contributed by atoms with Gasteiger partial charge < -0.3 is 15.4 Å². The van der Waals surface area contributed by atoms with Crippen LogP contribution in [-0.4, -0.2) is 43.9 Å². The molecular weight excluding hydrogens is 249 g/mol. The predicted molar refractivity (Wildman–Crippen MR) is 57.9 cm³/mol. The lowest BCUT2D eigenvalue weighted by Gasteiger charge is -2.31. The van der Waals surface area contributed by atoms with Gasteiger partial charge in [-0.2, -0.15) is 13.2 Å². The average molecular weight is 266 g/mol. The minimum Gasteiger partial charge on any atom is -0.376 e. The number of alkyl halides is 3. The third-order valence-corrected chi connectivity index (χ3v) is 3.56. The molecule has 0 spiro atoms. The Bertz CT molecular complexity index is 303. The van der Waals surface area contributed by atoms with E-state index < -0.39 is 18.1 Å². The topological polar surface area (TPSA) is 50.4 Å². The summed E-state index contributed by atoms with van der Waals surface area (Å²) in [4.78, 5) is 10.9. The Morgan fingerprint density at radius 3 is 2.50 bits per heavy atom. The molecule has 2 aliphatic rings. The maximum absolute atomic E-state index is 12.2. The number of carbonyl (C=O) groups is 1. The van der Waals surface area contributed by atoms with Crippen molar-refractivity contribution in [3.8, 4) is 0 Å². The molecule has 0 saturated carbocycles. The third-order valence-electron chi connectivity index (χ3n) is 3.56. The van der Waals surface area contributed by atoms with E-state index in [-0.39, 0.29) is 12.0 Å². The first-order valence-corrected chi connectivity index (χ1v) is 6.18. The van der Waals surface area contributed by atoms with Gasteiger partial charge in [-0.1, -0.05) is 0 Å². The molecule has 0 aromatic carbocycles. The highest BCUT2D eigenvalue weighted by Crippen LogP contribution is 2.28. The summed E-state index contributed by atoms with van der Waals surface area (Å²) in [5.74, 6) is -1.63. The number of rotatable bonds is 2. The number of ether oxygens (including phenoxy) is 1. The van der Waals surface area contributed by atoms with Gasteiger partial charge in [0, 0.05) is 6.61 Å². The number of hydrogen-bond donors (Lipinski definition) is 2. The minimum atomic E-state index is -4.82. The van der Waals surface area contributed by atoms with Crippen LogP contribution in [0, 0.1) is 5.92 Å². The quantitative estimate of drug-likeness (QED) is 0.778. The molecule has 0 radical (unpaired) electrons. The first kappa shape index (κ1) is 13.6. The van der Waals surface area contributed by atoms with Crippen LogP contribution in [-0.2, 0) is 9.53 Å². The Labute approximate surface area is 103 Å². The molecule has 2 atom stereocenters. The summed E-state index contributed by atoms with van der Waals surface area (Å²) in [5, 5.41) is 5.25. The Morgan fingerprint density at radius 1 is 1.22 bits per heavy atom. The summed E-state index contributed by atoms with van der Waals surface area (Å²) in [6.07, 6.45) is -2.89. The summed E-state index contributed by atoms with van der Waals surface area (Å²) >= 11 is 0. The second kappa shape index (κ2) is 5.44. The predicted octanol–water partition coefficient (Wildman–Crippen LogP) is 0.822. The maximum Gasteiger partial charge on any atom is 0.471 e. The van der Waals surface area contributed by atoms with E-state index in [1.165, 1.54) is 0 Å². The van der Waals surface area contributed by atoms with Crippen molar-refractivity contribution in [2.24, 2.45) is 5.92 Å². The molecule has 18 heavy (non-hydrogen) atoms. The fourth-order valence-electron chi connectivity index (χ4n) is 2.65. The Balaban J connectivity index is 1.93. The Morgan fingerprint density at radius 2 is 1.89 bits per heavy atom. The number of piperidine rings is 1. The van der Waals surface area contributed by atoms with Gasteiger partial charge in [0.05, 0.1) is 12.1 Å². The van der Waals surface area contributed by atoms with Crippen LogP contribution >= 0.6 is 0 Å². The van der Waals surface area contributed by atoms with E-state index in [1.54, 1.807) is 0 Å². The SMILES string of the molecule is O=C(N[C@H]1CCO[C@H]1C1CCNCC1)C(F)(F)F. The summed E-state index contributed by atoms with van der Waals surface area (Å²) in [6, 6.07) is -0.512. The molecule has 104 valence electrons. The van der Waals surface area contributed by atoms with Crippen molar-refractivity contribution in [2.75, 3.05) is 19.7 Å². The first-order valence-electron chi connectivity index (χ1n) is 6.18. The van der Waals surface area contributed by atoms with Gasteiger partial charge in [0.2, 0.25) is 0 Å². The number of amides is 1. The van der Waals surface area contributed by atoms with Gasteiger partial charge in [-0.3, -0.25) is 4.79 Å². The molecule has 0 aromatic heterocycles. The molecule has 2 aliphatic heterocycles. The molecule has 0 aromatic rings. The molecule has 2 fully saturated rings. The van der Waals surface area contributed by atoms with Gasteiger partial charge in [0.1, 0.15) is 0 Å². The van der Waals surface area contributed by atoms with Crippen molar-refractivity contribution < 1.29 is 22.7 Å². The van der Waals surface area contributed by atoms with Crippen LogP contribution in [0.1, 0.15) is 19.3 Å². The van der Waals surface area contributed by atoms with Crippen LogP contribution < -0.4 is 10.6 Å². The van der Waals surface area contributed by atoms with Crippen molar-refractivity contribution in [3.05, 3.63) is 0 Å². The van der Waals surface area contributed by atoms with Crippen LogP contribution in [0.4, 0.5) is 13.2 Å². The lowest BCUT2D eigenvalue weighted by Crippen LogP contribution is -2.49. The van der Waals surface area contributed by atoms with Crippen LogP contribution in [0.5, 0.6) is 0 Å². The molecule has 0 aliphatic carbocycles. The fraction of sp³-hybridized carbons (Fsp3) is 0.909. The number of hydrogen-bond acceptors (Lipinski definition) is 3. The Kier molecular flexibility index (Phi) is 4.11. The monoisotopic (exact) mass is 266 g/mol. The van der Waals surface area contributed by atoms with E-state index >= 15 is 0 Å². The lowest BCUT2D eigenvalue weighted by atomic mass is 9.88. The van der Waals surface area contributed by atoms with Gasteiger partial charge in [-0.15, -0.1) is 0 Å². The summed E-state index contributed by atoms with van der Waals surface area (Å²) in [5.41, 5.74) is 0. The zero-order chi connectivity index (χ0) is 13.2. The smallest absolute Gasteiger partial charge is 0.376 e. The summed E-state index contributed by atoms with van der Waals surface area (Å²) in [6.45, 7) is 2.12. The lowest BCUT2D eigenvalue weighted by molar-refractivity contribution is -0.174. The molecular formula is C11H17F3N2O2. The highest BCUT2D eigenvalue weighted by molar-refractivity contribution is 5.82. The molecule has 0 bridgehead atoms.